The van der Waals surface area contributed by atoms with Gasteiger partial charge in [0.2, 0.25) is 0 Å². The monoisotopic (exact) mass is 459 g/mol. The molecule has 0 atom stereocenters. The first-order chi connectivity index (χ1) is 13.7. The predicted octanol–water partition coefficient (Wildman–Crippen LogP) is 4.77. The maximum atomic E-state index is 12.3. The molecule has 1 aliphatic rings. The molecule has 154 valence electrons. The summed E-state index contributed by atoms with van der Waals surface area (Å²) in [5.41, 5.74) is 2.85. The number of piperidine rings is 1. The summed E-state index contributed by atoms with van der Waals surface area (Å²) in [5.74, 6) is 0. The van der Waals surface area contributed by atoms with Crippen molar-refractivity contribution < 1.29 is 9.53 Å². The van der Waals surface area contributed by atoms with Gasteiger partial charge in [0.1, 0.15) is 10.2 Å². The first-order valence-electron chi connectivity index (χ1n) is 9.84. The highest BCUT2D eigenvalue weighted by atomic mass is 79.9. The summed E-state index contributed by atoms with van der Waals surface area (Å²) >= 11 is 3.47. The second-order valence-electron chi connectivity index (χ2n) is 8.59. The second kappa shape index (κ2) is 7.48. The molecule has 0 bridgehead atoms. The molecule has 0 saturated carbocycles. The molecular weight excluding hydrogens is 434 g/mol. The average Bonchev–Trinajstić information content (AvgIpc) is 3.25. The Bertz CT molecular complexity index is 1040. The minimum atomic E-state index is -0.464. The van der Waals surface area contributed by atoms with Gasteiger partial charge in [0.25, 0.3) is 0 Å². The highest BCUT2D eigenvalue weighted by molar-refractivity contribution is 9.10. The first kappa shape index (κ1) is 19.9. The maximum Gasteiger partial charge on any atom is 0.410 e. The molecule has 1 aliphatic heterocycles. The van der Waals surface area contributed by atoms with Gasteiger partial charge in [-0.25, -0.2) is 9.78 Å². The average molecular weight is 460 g/mol. The number of rotatable bonds is 2. The van der Waals surface area contributed by atoms with Crippen molar-refractivity contribution in [2.24, 2.45) is 7.05 Å². The van der Waals surface area contributed by atoms with Crippen molar-refractivity contribution >= 4 is 32.9 Å². The molecule has 7 nitrogen and oxygen atoms in total. The van der Waals surface area contributed by atoms with Crippen LogP contribution in [0.4, 0.5) is 4.79 Å². The Balaban J connectivity index is 1.48. The Kier molecular flexibility index (Phi) is 5.14. The summed E-state index contributed by atoms with van der Waals surface area (Å²) in [5, 5.41) is 5.78. The Labute approximate surface area is 178 Å². The van der Waals surface area contributed by atoms with Gasteiger partial charge in [0.05, 0.1) is 24.0 Å². The third kappa shape index (κ3) is 4.17. The van der Waals surface area contributed by atoms with Gasteiger partial charge in [-0.1, -0.05) is 0 Å². The summed E-state index contributed by atoms with van der Waals surface area (Å²) in [4.78, 5) is 18.4. The molecule has 0 spiro atoms. The predicted molar refractivity (Wildman–Crippen MR) is 116 cm³/mol. The lowest BCUT2D eigenvalue weighted by atomic mass is 10.1. The number of nitrogens with zero attached hydrogens (tertiary/aromatic N) is 5. The minimum absolute atomic E-state index is 0.230. The van der Waals surface area contributed by atoms with E-state index in [0.29, 0.717) is 13.1 Å². The number of likely N-dealkylation sites (tertiary alicyclic amines) is 1. The zero-order valence-electron chi connectivity index (χ0n) is 17.2. The van der Waals surface area contributed by atoms with Gasteiger partial charge in [-0.3, -0.25) is 4.68 Å². The van der Waals surface area contributed by atoms with Crippen LogP contribution in [0.15, 0.2) is 35.5 Å². The molecule has 29 heavy (non-hydrogen) atoms. The molecular formula is C21H26BrN5O2. The van der Waals surface area contributed by atoms with Gasteiger partial charge < -0.3 is 14.2 Å². The largest absolute Gasteiger partial charge is 0.444 e. The highest BCUT2D eigenvalue weighted by Crippen LogP contribution is 2.32. The van der Waals surface area contributed by atoms with Gasteiger partial charge >= 0.3 is 6.09 Å². The zero-order valence-corrected chi connectivity index (χ0v) is 18.8. The van der Waals surface area contributed by atoms with E-state index < -0.39 is 5.60 Å². The van der Waals surface area contributed by atoms with Crippen molar-refractivity contribution in [2.75, 3.05) is 13.1 Å². The molecule has 0 unspecified atom stereocenters. The number of aromatic nitrogens is 4. The number of ether oxygens (including phenoxy) is 1. The standard InChI is InChI=1S/C21H26BrN5O2/c1-21(2,3)29-20(28)26-7-5-15(6-8-26)27-12-14(10-24-27)17-13-25(4)18-11-23-19(22)9-16(17)18/h9-13,15H,5-8H2,1-4H3. The molecule has 8 heteroatoms. The van der Waals surface area contributed by atoms with Gasteiger partial charge in [0.15, 0.2) is 0 Å². The van der Waals surface area contributed by atoms with Gasteiger partial charge in [-0.2, -0.15) is 5.10 Å². The molecule has 0 aromatic carbocycles. The molecule has 4 rings (SSSR count). The molecule has 3 aromatic heterocycles. The fourth-order valence-electron chi connectivity index (χ4n) is 3.80. The van der Waals surface area contributed by atoms with Crippen molar-refractivity contribution in [2.45, 2.75) is 45.3 Å². The summed E-state index contributed by atoms with van der Waals surface area (Å²) < 4.78 is 10.4. The Hall–Kier alpha value is -2.35. The van der Waals surface area contributed by atoms with Crippen LogP contribution in [0.1, 0.15) is 39.7 Å². The van der Waals surface area contributed by atoms with Crippen LogP contribution in [0.2, 0.25) is 0 Å². The summed E-state index contributed by atoms with van der Waals surface area (Å²) in [6.07, 6.45) is 9.52. The molecule has 0 aliphatic carbocycles. The third-order valence-electron chi connectivity index (χ3n) is 5.25. The van der Waals surface area contributed by atoms with E-state index in [1.807, 2.05) is 51.0 Å². The van der Waals surface area contributed by atoms with Crippen LogP contribution < -0.4 is 0 Å². The number of aryl methyl sites for hydroxylation is 1. The molecule has 1 fully saturated rings. The lowest BCUT2D eigenvalue weighted by Gasteiger charge is -2.33. The second-order valence-corrected chi connectivity index (χ2v) is 9.40. The number of carbonyl (C=O) groups excluding carboxylic acids is 1. The quantitative estimate of drug-likeness (QED) is 0.517. The number of hydrogen-bond donors (Lipinski definition) is 0. The van der Waals surface area contributed by atoms with Crippen molar-refractivity contribution in [3.05, 3.63) is 35.5 Å². The number of hydrogen-bond acceptors (Lipinski definition) is 4. The smallest absolute Gasteiger partial charge is 0.410 e. The summed E-state index contributed by atoms with van der Waals surface area (Å²) in [6, 6.07) is 2.33. The SMILES string of the molecule is Cn1cc(-c2cnn(C3CCN(C(=O)OC(C)(C)C)CC3)c2)c2cc(Br)ncc21. The fraction of sp³-hybridized carbons (Fsp3) is 0.476. The van der Waals surface area contributed by atoms with Gasteiger partial charge in [0, 0.05) is 49.0 Å². The van der Waals surface area contributed by atoms with Crippen molar-refractivity contribution in [3.8, 4) is 11.1 Å². The Morgan fingerprint density at radius 2 is 1.93 bits per heavy atom. The normalized spacial score (nSPS) is 15.8. The Morgan fingerprint density at radius 3 is 2.62 bits per heavy atom. The zero-order chi connectivity index (χ0) is 20.8. The topological polar surface area (TPSA) is 65.2 Å². The number of carbonyl (C=O) groups is 1. The van der Waals surface area contributed by atoms with E-state index in [2.05, 4.69) is 43.0 Å². The van der Waals surface area contributed by atoms with E-state index in [1.165, 1.54) is 0 Å². The first-order valence-corrected chi connectivity index (χ1v) is 10.6. The number of pyridine rings is 1. The maximum absolute atomic E-state index is 12.3. The minimum Gasteiger partial charge on any atom is -0.444 e. The van der Waals surface area contributed by atoms with E-state index in [1.54, 1.807) is 4.90 Å². The molecule has 0 N–H and O–H groups in total. The Morgan fingerprint density at radius 1 is 1.21 bits per heavy atom. The lowest BCUT2D eigenvalue weighted by molar-refractivity contribution is 0.0185. The molecule has 4 heterocycles. The van der Waals surface area contributed by atoms with Gasteiger partial charge in [-0.05, 0) is 55.6 Å². The van der Waals surface area contributed by atoms with Crippen molar-refractivity contribution in [1.29, 1.82) is 0 Å². The van der Waals surface area contributed by atoms with Crippen LogP contribution in [0.5, 0.6) is 0 Å². The number of amides is 1. The molecule has 3 aromatic rings. The van der Waals surface area contributed by atoms with E-state index in [-0.39, 0.29) is 12.1 Å². The van der Waals surface area contributed by atoms with E-state index in [4.69, 9.17) is 4.74 Å². The van der Waals surface area contributed by atoms with Crippen LogP contribution in [-0.4, -0.2) is 49.0 Å². The van der Waals surface area contributed by atoms with E-state index >= 15 is 0 Å². The number of fused-ring (bicyclic) bond motifs is 1. The lowest BCUT2D eigenvalue weighted by Crippen LogP contribution is -2.42. The molecule has 1 saturated heterocycles. The number of halogens is 1. The summed E-state index contributed by atoms with van der Waals surface area (Å²) in [7, 11) is 2.03. The van der Waals surface area contributed by atoms with Gasteiger partial charge in [-0.15, -0.1) is 0 Å². The summed E-state index contributed by atoms with van der Waals surface area (Å²) in [6.45, 7) is 7.05. The molecule has 0 radical (unpaired) electrons. The third-order valence-corrected chi connectivity index (χ3v) is 5.68. The highest BCUT2D eigenvalue weighted by Gasteiger charge is 2.28. The van der Waals surface area contributed by atoms with Crippen LogP contribution in [-0.2, 0) is 11.8 Å². The fourth-order valence-corrected chi connectivity index (χ4v) is 4.13. The van der Waals surface area contributed by atoms with Crippen LogP contribution >= 0.6 is 15.9 Å². The van der Waals surface area contributed by atoms with Crippen LogP contribution in [0.3, 0.4) is 0 Å². The van der Waals surface area contributed by atoms with Crippen LogP contribution in [0, 0.1) is 0 Å². The molecule has 1 amide bonds. The van der Waals surface area contributed by atoms with Crippen LogP contribution in [0.25, 0.3) is 22.0 Å². The van der Waals surface area contributed by atoms with Crippen molar-refractivity contribution in [1.82, 2.24) is 24.2 Å². The van der Waals surface area contributed by atoms with E-state index in [0.717, 1.165) is 39.5 Å². The van der Waals surface area contributed by atoms with Crippen molar-refractivity contribution in [3.63, 3.8) is 0 Å². The van der Waals surface area contributed by atoms with E-state index in [9.17, 15) is 4.79 Å².